The summed E-state index contributed by atoms with van der Waals surface area (Å²) in [6.07, 6.45) is 26.7. The van der Waals surface area contributed by atoms with Crippen LogP contribution in [0.4, 0.5) is 0 Å². The van der Waals surface area contributed by atoms with E-state index in [-0.39, 0.29) is 0 Å². The van der Waals surface area contributed by atoms with Crippen molar-refractivity contribution in [2.24, 2.45) is 0 Å². The number of hydrogen-bond acceptors (Lipinski definition) is 0. The highest BCUT2D eigenvalue weighted by atomic mass is 15.1. The Morgan fingerprint density at radius 3 is 1.74 bits per heavy atom. The molecule has 0 saturated carbocycles. The van der Waals surface area contributed by atoms with Gasteiger partial charge in [0.05, 0.1) is 12.0 Å². The number of hydrogen-bond donors (Lipinski definition) is 1. The van der Waals surface area contributed by atoms with Crippen molar-refractivity contribution in [2.75, 3.05) is 0 Å². The molecule has 0 aromatic carbocycles. The Morgan fingerprint density at radius 1 is 0.704 bits per heavy atom. The van der Waals surface area contributed by atoms with Crippen LogP contribution in [0.15, 0.2) is 12.4 Å². The fourth-order valence-electron chi connectivity index (χ4n) is 4.22. The van der Waals surface area contributed by atoms with Crippen molar-refractivity contribution in [3.8, 4) is 0 Å². The zero-order valence-corrected chi connectivity index (χ0v) is 19.1. The molecule has 2 atom stereocenters. The fourth-order valence-corrected chi connectivity index (χ4v) is 4.22. The maximum atomic E-state index is 3.54. The highest BCUT2D eigenvalue weighted by molar-refractivity contribution is 4.87. The van der Waals surface area contributed by atoms with Gasteiger partial charge in [-0.1, -0.05) is 104 Å². The largest absolute Gasteiger partial charge is 0.257 e. The molecule has 158 valence electrons. The van der Waals surface area contributed by atoms with E-state index < -0.39 is 0 Å². The Morgan fingerprint density at radius 2 is 1.19 bits per heavy atom. The molecule has 1 rings (SSSR count). The summed E-state index contributed by atoms with van der Waals surface area (Å²) in [7, 11) is 0. The first-order valence-electron chi connectivity index (χ1n) is 12.3. The number of aromatic amines is 1. The van der Waals surface area contributed by atoms with Gasteiger partial charge in [-0.05, 0) is 26.2 Å². The van der Waals surface area contributed by atoms with Crippen molar-refractivity contribution >= 4 is 0 Å². The van der Waals surface area contributed by atoms with E-state index in [9.17, 15) is 0 Å². The zero-order valence-electron chi connectivity index (χ0n) is 19.1. The van der Waals surface area contributed by atoms with E-state index in [2.05, 4.69) is 49.6 Å². The first kappa shape index (κ1) is 24.2. The van der Waals surface area contributed by atoms with Gasteiger partial charge in [0, 0.05) is 0 Å². The van der Waals surface area contributed by atoms with Gasteiger partial charge in [0.15, 0.2) is 0 Å². The molecule has 0 aliphatic rings. The standard InChI is InChI=1S/C25H48N2/c1-5-7-9-11-13-14-15-17-19-23(3)25-26-21-22-27(25)24(4)20-18-16-12-10-8-6-2/h21-24H,5-20H2,1-4H3/p+1. The average Bonchev–Trinajstić information content (AvgIpc) is 3.16. The minimum atomic E-state index is 0.624. The molecule has 0 aliphatic carbocycles. The van der Waals surface area contributed by atoms with Gasteiger partial charge < -0.3 is 0 Å². The summed E-state index contributed by atoms with van der Waals surface area (Å²) in [5.74, 6) is 2.09. The van der Waals surface area contributed by atoms with E-state index in [1.807, 2.05) is 0 Å². The number of imidazole rings is 1. The molecule has 0 spiro atoms. The predicted molar refractivity (Wildman–Crippen MR) is 119 cm³/mol. The molecule has 0 aliphatic heterocycles. The maximum Gasteiger partial charge on any atom is 0.257 e. The fraction of sp³-hybridized carbons (Fsp3) is 0.880. The minimum Gasteiger partial charge on any atom is -0.247 e. The van der Waals surface area contributed by atoms with Crippen molar-refractivity contribution < 1.29 is 4.57 Å². The zero-order chi connectivity index (χ0) is 19.7. The molecule has 1 aromatic rings. The van der Waals surface area contributed by atoms with Crippen LogP contribution in [0.3, 0.4) is 0 Å². The molecule has 2 heteroatoms. The summed E-state index contributed by atoms with van der Waals surface area (Å²) in [5.41, 5.74) is 0. The topological polar surface area (TPSA) is 19.7 Å². The smallest absolute Gasteiger partial charge is 0.247 e. The van der Waals surface area contributed by atoms with Crippen LogP contribution in [0.25, 0.3) is 0 Å². The summed E-state index contributed by atoms with van der Waals surface area (Å²) in [6, 6.07) is 0.624. The van der Waals surface area contributed by atoms with Crippen molar-refractivity contribution in [1.29, 1.82) is 0 Å². The molecule has 0 radical (unpaired) electrons. The molecule has 0 saturated heterocycles. The van der Waals surface area contributed by atoms with E-state index in [1.54, 1.807) is 0 Å². The van der Waals surface area contributed by atoms with Crippen LogP contribution in [0.5, 0.6) is 0 Å². The number of nitrogens with one attached hydrogen (secondary N) is 1. The quantitative estimate of drug-likeness (QED) is 0.196. The van der Waals surface area contributed by atoms with Crippen molar-refractivity contribution in [3.05, 3.63) is 18.2 Å². The normalized spacial score (nSPS) is 13.8. The van der Waals surface area contributed by atoms with Gasteiger partial charge in [-0.3, -0.25) is 0 Å². The van der Waals surface area contributed by atoms with Crippen LogP contribution >= 0.6 is 0 Å². The molecule has 0 bridgehead atoms. The third-order valence-corrected chi connectivity index (χ3v) is 6.15. The molecule has 1 heterocycles. The second kappa shape index (κ2) is 16.2. The van der Waals surface area contributed by atoms with Gasteiger partial charge in [0.1, 0.15) is 12.4 Å². The molecule has 27 heavy (non-hydrogen) atoms. The Bertz CT molecular complexity index is 437. The van der Waals surface area contributed by atoms with Crippen LogP contribution in [-0.4, -0.2) is 4.98 Å². The molecule has 0 amide bonds. The highest BCUT2D eigenvalue weighted by Crippen LogP contribution is 2.21. The Kier molecular flexibility index (Phi) is 14.5. The lowest BCUT2D eigenvalue weighted by Gasteiger charge is -2.14. The molecular weight excluding hydrogens is 328 g/mol. The number of nitrogens with zero attached hydrogens (tertiary/aromatic N) is 1. The number of aromatic nitrogens is 2. The van der Waals surface area contributed by atoms with E-state index in [0.29, 0.717) is 12.0 Å². The van der Waals surface area contributed by atoms with Crippen LogP contribution < -0.4 is 4.57 Å². The maximum absolute atomic E-state index is 3.54. The molecular formula is C25H49N2+. The number of H-pyrrole nitrogens is 1. The Hall–Kier alpha value is -0.790. The van der Waals surface area contributed by atoms with E-state index >= 15 is 0 Å². The average molecular weight is 378 g/mol. The third kappa shape index (κ3) is 11.0. The molecule has 1 aromatic heterocycles. The van der Waals surface area contributed by atoms with E-state index in [4.69, 9.17) is 0 Å². The molecule has 1 N–H and O–H groups in total. The number of rotatable bonds is 18. The van der Waals surface area contributed by atoms with E-state index in [0.717, 1.165) is 0 Å². The second-order valence-corrected chi connectivity index (χ2v) is 8.82. The van der Waals surface area contributed by atoms with E-state index in [1.165, 1.54) is 109 Å². The van der Waals surface area contributed by atoms with Crippen LogP contribution in [0, 0.1) is 0 Å². The van der Waals surface area contributed by atoms with Gasteiger partial charge in [-0.2, -0.15) is 0 Å². The summed E-state index contributed by atoms with van der Waals surface area (Å²) < 4.78 is 2.52. The van der Waals surface area contributed by atoms with Crippen molar-refractivity contribution in [3.63, 3.8) is 0 Å². The summed E-state index contributed by atoms with van der Waals surface area (Å²) in [5, 5.41) is 0. The lowest BCUT2D eigenvalue weighted by Crippen LogP contribution is -2.40. The number of unbranched alkanes of at least 4 members (excludes halogenated alkanes) is 12. The Labute approximate surface area is 170 Å². The van der Waals surface area contributed by atoms with Crippen molar-refractivity contribution in [2.45, 2.75) is 142 Å². The first-order valence-corrected chi connectivity index (χ1v) is 12.3. The monoisotopic (exact) mass is 377 g/mol. The SMILES string of the molecule is CCCCCCCCCCC(C)c1[nH]cc[n+]1C(C)CCCCCCCC. The highest BCUT2D eigenvalue weighted by Gasteiger charge is 2.21. The first-order chi connectivity index (χ1) is 13.2. The molecule has 2 nitrogen and oxygen atoms in total. The Balaban J connectivity index is 2.22. The van der Waals surface area contributed by atoms with Gasteiger partial charge in [-0.25, -0.2) is 9.55 Å². The van der Waals surface area contributed by atoms with Crippen LogP contribution in [0.2, 0.25) is 0 Å². The van der Waals surface area contributed by atoms with Crippen LogP contribution in [0.1, 0.15) is 148 Å². The van der Waals surface area contributed by atoms with Crippen LogP contribution in [-0.2, 0) is 0 Å². The molecule has 2 unspecified atom stereocenters. The van der Waals surface area contributed by atoms with Gasteiger partial charge >= 0.3 is 0 Å². The third-order valence-electron chi connectivity index (χ3n) is 6.15. The molecule has 0 fully saturated rings. The predicted octanol–water partition coefficient (Wildman–Crippen LogP) is 8.25. The lowest BCUT2D eigenvalue weighted by atomic mass is 10.00. The summed E-state index contributed by atoms with van der Waals surface area (Å²) in [6.45, 7) is 9.39. The minimum absolute atomic E-state index is 0.624. The van der Waals surface area contributed by atoms with Gasteiger partial charge in [-0.15, -0.1) is 0 Å². The lowest BCUT2D eigenvalue weighted by molar-refractivity contribution is -0.727. The summed E-state index contributed by atoms with van der Waals surface area (Å²) >= 11 is 0. The van der Waals surface area contributed by atoms with Crippen molar-refractivity contribution in [1.82, 2.24) is 4.98 Å². The van der Waals surface area contributed by atoms with Gasteiger partial charge in [0.25, 0.3) is 5.82 Å². The summed E-state index contributed by atoms with van der Waals surface area (Å²) in [4.78, 5) is 3.54. The second-order valence-electron chi connectivity index (χ2n) is 8.82. The van der Waals surface area contributed by atoms with Gasteiger partial charge in [0.2, 0.25) is 0 Å².